The first-order valence-corrected chi connectivity index (χ1v) is 9.39. The number of Topliss-reactive ketones (excluding diaryl/α,β-unsaturated/α-hetero) is 1. The van der Waals surface area contributed by atoms with E-state index < -0.39 is 17.7 Å². The predicted molar refractivity (Wildman–Crippen MR) is 96.4 cm³/mol. The van der Waals surface area contributed by atoms with Crippen molar-refractivity contribution in [2.24, 2.45) is 5.92 Å². The minimum Gasteiger partial charge on any atom is -0.503 e. The van der Waals surface area contributed by atoms with Gasteiger partial charge in [-0.1, -0.05) is 35.9 Å². The number of rotatable bonds is 5. The largest absolute Gasteiger partial charge is 0.503 e. The van der Waals surface area contributed by atoms with E-state index in [2.05, 4.69) is 0 Å². The van der Waals surface area contributed by atoms with Gasteiger partial charge in [-0.05, 0) is 35.9 Å². The van der Waals surface area contributed by atoms with Crippen LogP contribution >= 0.6 is 22.9 Å². The number of hydrogen-bond donors (Lipinski definition) is 1. The third-order valence-corrected chi connectivity index (χ3v) is 5.83. The molecule has 1 N–H and O–H groups in total. The summed E-state index contributed by atoms with van der Waals surface area (Å²) in [5, 5.41) is 12.9. The lowest BCUT2D eigenvalue weighted by molar-refractivity contribution is -0.130. The Bertz CT molecular complexity index is 871. The molecule has 0 spiro atoms. The van der Waals surface area contributed by atoms with Gasteiger partial charge in [0.25, 0.3) is 5.91 Å². The summed E-state index contributed by atoms with van der Waals surface area (Å²) in [6.07, 6.45) is 1.62. The van der Waals surface area contributed by atoms with Gasteiger partial charge >= 0.3 is 0 Å². The number of aliphatic hydroxyl groups excluding tert-OH is 1. The number of aliphatic hydroxyl groups is 1. The highest BCUT2D eigenvalue weighted by molar-refractivity contribution is 7.09. The van der Waals surface area contributed by atoms with Gasteiger partial charge in [-0.15, -0.1) is 11.3 Å². The number of hydrogen-bond acceptors (Lipinski definition) is 4. The molecule has 4 nitrogen and oxygen atoms in total. The normalized spacial score (nSPS) is 20.4. The van der Waals surface area contributed by atoms with Gasteiger partial charge in [0.05, 0.1) is 18.2 Å². The maximum absolute atomic E-state index is 12.8. The fourth-order valence-corrected chi connectivity index (χ4v) is 4.17. The first-order chi connectivity index (χ1) is 12.1. The number of benzene rings is 1. The summed E-state index contributed by atoms with van der Waals surface area (Å²) >= 11 is 7.89. The Kier molecular flexibility index (Phi) is 4.13. The second-order valence-electron chi connectivity index (χ2n) is 6.34. The van der Waals surface area contributed by atoms with E-state index in [9.17, 15) is 14.7 Å². The van der Waals surface area contributed by atoms with Crippen molar-refractivity contribution in [3.8, 4) is 0 Å². The lowest BCUT2D eigenvalue weighted by atomic mass is 9.94. The number of carbonyl (C=O) groups is 2. The standard InChI is InChI=1S/C19H16ClNO3S/c20-14-6-2-1-5-13(14)16-15(17(22)11-7-8-11)18(23)19(24)21(16)10-12-4-3-9-25-12/h1-6,9,11,16,23H,7-8,10H2. The Morgan fingerprint density at radius 1 is 1.24 bits per heavy atom. The van der Waals surface area contributed by atoms with Crippen LogP contribution in [0.25, 0.3) is 0 Å². The molecule has 0 radical (unpaired) electrons. The first-order valence-electron chi connectivity index (χ1n) is 8.13. The van der Waals surface area contributed by atoms with Crippen LogP contribution in [0.1, 0.15) is 29.3 Å². The molecule has 1 amide bonds. The second kappa shape index (κ2) is 6.32. The van der Waals surface area contributed by atoms with Gasteiger partial charge in [-0.3, -0.25) is 9.59 Å². The Balaban J connectivity index is 1.80. The highest BCUT2D eigenvalue weighted by atomic mass is 35.5. The van der Waals surface area contributed by atoms with Crippen molar-refractivity contribution in [2.45, 2.75) is 25.4 Å². The number of nitrogens with zero attached hydrogens (tertiary/aromatic N) is 1. The fourth-order valence-electron chi connectivity index (χ4n) is 3.22. The van der Waals surface area contributed by atoms with Crippen molar-refractivity contribution in [3.63, 3.8) is 0 Å². The number of carbonyl (C=O) groups excluding carboxylic acids is 2. The van der Waals surface area contributed by atoms with E-state index in [4.69, 9.17) is 11.6 Å². The van der Waals surface area contributed by atoms with E-state index in [1.807, 2.05) is 23.6 Å². The van der Waals surface area contributed by atoms with Crippen LogP contribution in [-0.2, 0) is 16.1 Å². The quantitative estimate of drug-likeness (QED) is 0.851. The molecule has 2 heterocycles. The van der Waals surface area contributed by atoms with Crippen molar-refractivity contribution in [2.75, 3.05) is 0 Å². The number of ketones is 1. The summed E-state index contributed by atoms with van der Waals surface area (Å²) in [5.74, 6) is -1.17. The highest BCUT2D eigenvalue weighted by Gasteiger charge is 2.47. The Morgan fingerprint density at radius 2 is 2.00 bits per heavy atom. The summed E-state index contributed by atoms with van der Waals surface area (Å²) in [4.78, 5) is 28.0. The average Bonchev–Trinajstić information content (AvgIpc) is 3.28. The fraction of sp³-hybridized carbons (Fsp3) is 0.263. The van der Waals surface area contributed by atoms with Crippen molar-refractivity contribution < 1.29 is 14.7 Å². The minimum absolute atomic E-state index is 0.0865. The van der Waals surface area contributed by atoms with Gasteiger partial charge in [-0.2, -0.15) is 0 Å². The number of thiophene rings is 1. The third-order valence-electron chi connectivity index (χ3n) is 4.62. The first kappa shape index (κ1) is 16.4. The van der Waals surface area contributed by atoms with Crippen LogP contribution in [-0.4, -0.2) is 21.7 Å². The lowest BCUT2D eigenvalue weighted by Crippen LogP contribution is -2.30. The van der Waals surface area contributed by atoms with Gasteiger partial charge in [0, 0.05) is 15.8 Å². The van der Waals surface area contributed by atoms with Crippen LogP contribution in [0.2, 0.25) is 5.02 Å². The molecule has 1 aliphatic carbocycles. The zero-order valence-electron chi connectivity index (χ0n) is 13.3. The molecule has 1 aromatic heterocycles. The molecular formula is C19H16ClNO3S. The number of halogens is 1. The van der Waals surface area contributed by atoms with Crippen LogP contribution in [0.4, 0.5) is 0 Å². The van der Waals surface area contributed by atoms with Gasteiger partial charge in [0.2, 0.25) is 0 Å². The molecule has 1 fully saturated rings. The van der Waals surface area contributed by atoms with Crippen LogP contribution in [0.3, 0.4) is 0 Å². The van der Waals surface area contributed by atoms with E-state index in [0.29, 0.717) is 17.1 Å². The summed E-state index contributed by atoms with van der Waals surface area (Å²) in [7, 11) is 0. The molecule has 2 aromatic rings. The zero-order chi connectivity index (χ0) is 17.6. The summed E-state index contributed by atoms with van der Waals surface area (Å²) < 4.78 is 0. The molecule has 1 atom stereocenters. The topological polar surface area (TPSA) is 57.6 Å². The molecule has 0 saturated heterocycles. The van der Waals surface area contributed by atoms with Crippen molar-refractivity contribution >= 4 is 34.6 Å². The van der Waals surface area contributed by atoms with Crippen molar-refractivity contribution in [3.05, 3.63) is 68.6 Å². The number of amides is 1. The SMILES string of the molecule is O=C(C1=C(O)C(=O)N(Cc2cccs2)C1c1ccccc1Cl)C1CC1. The van der Waals surface area contributed by atoms with Gasteiger partial charge in [-0.25, -0.2) is 0 Å². The summed E-state index contributed by atoms with van der Waals surface area (Å²) in [6.45, 7) is 0.331. The van der Waals surface area contributed by atoms with E-state index in [1.54, 1.807) is 18.2 Å². The zero-order valence-corrected chi connectivity index (χ0v) is 14.9. The molecule has 6 heteroatoms. The molecule has 128 valence electrons. The molecule has 1 aliphatic heterocycles. The molecule has 25 heavy (non-hydrogen) atoms. The molecule has 1 aromatic carbocycles. The summed E-state index contributed by atoms with van der Waals surface area (Å²) in [5.41, 5.74) is 0.860. The smallest absolute Gasteiger partial charge is 0.290 e. The van der Waals surface area contributed by atoms with Crippen LogP contribution in [0.15, 0.2) is 53.1 Å². The van der Waals surface area contributed by atoms with E-state index in [-0.39, 0.29) is 17.3 Å². The van der Waals surface area contributed by atoms with Crippen LogP contribution in [0, 0.1) is 5.92 Å². The van der Waals surface area contributed by atoms with Crippen molar-refractivity contribution in [1.29, 1.82) is 0 Å². The predicted octanol–water partition coefficient (Wildman–Crippen LogP) is 4.28. The Labute approximate surface area is 154 Å². The van der Waals surface area contributed by atoms with E-state index in [0.717, 1.165) is 17.7 Å². The van der Waals surface area contributed by atoms with Crippen LogP contribution in [0.5, 0.6) is 0 Å². The molecule has 1 saturated carbocycles. The Morgan fingerprint density at radius 3 is 2.64 bits per heavy atom. The van der Waals surface area contributed by atoms with Gasteiger partial charge < -0.3 is 10.0 Å². The maximum atomic E-state index is 12.8. The van der Waals surface area contributed by atoms with Gasteiger partial charge in [0.1, 0.15) is 0 Å². The molecule has 0 bridgehead atoms. The average molecular weight is 374 g/mol. The van der Waals surface area contributed by atoms with Crippen molar-refractivity contribution in [1.82, 2.24) is 4.90 Å². The molecule has 4 rings (SSSR count). The van der Waals surface area contributed by atoms with E-state index in [1.165, 1.54) is 16.2 Å². The third kappa shape index (κ3) is 2.87. The second-order valence-corrected chi connectivity index (χ2v) is 7.78. The molecular weight excluding hydrogens is 358 g/mol. The van der Waals surface area contributed by atoms with E-state index >= 15 is 0 Å². The molecule has 2 aliphatic rings. The maximum Gasteiger partial charge on any atom is 0.290 e. The van der Waals surface area contributed by atoms with Crippen LogP contribution < -0.4 is 0 Å². The highest BCUT2D eigenvalue weighted by Crippen LogP contribution is 2.45. The monoisotopic (exact) mass is 373 g/mol. The molecule has 1 unspecified atom stereocenters. The lowest BCUT2D eigenvalue weighted by Gasteiger charge is -2.27. The Hall–Kier alpha value is -2.11. The summed E-state index contributed by atoms with van der Waals surface area (Å²) in [6, 6.07) is 10.4. The minimum atomic E-state index is -0.642. The van der Waals surface area contributed by atoms with Gasteiger partial charge in [0.15, 0.2) is 11.5 Å².